The van der Waals surface area contributed by atoms with Gasteiger partial charge in [-0.25, -0.2) is 0 Å². The number of nitrogens with one attached hydrogen (secondary N) is 2. The highest BCUT2D eigenvalue weighted by atomic mass is 16.5. The molecule has 0 aliphatic carbocycles. The molecular formula is C14H21N3O2. The number of methoxy groups -OCH3 is 1. The molecule has 19 heavy (non-hydrogen) atoms. The average molecular weight is 263 g/mol. The van der Waals surface area contributed by atoms with Gasteiger partial charge in [-0.3, -0.25) is 9.69 Å². The van der Waals surface area contributed by atoms with Gasteiger partial charge in [0.05, 0.1) is 19.3 Å². The van der Waals surface area contributed by atoms with E-state index in [1.807, 2.05) is 25.1 Å². The normalized spacial score (nSPS) is 16.1. The Morgan fingerprint density at radius 1 is 1.42 bits per heavy atom. The third kappa shape index (κ3) is 3.94. The lowest BCUT2D eigenvalue weighted by Gasteiger charge is -2.26. The highest BCUT2D eigenvalue weighted by Crippen LogP contribution is 2.25. The lowest BCUT2D eigenvalue weighted by molar-refractivity contribution is -0.117. The molecule has 0 aromatic heterocycles. The van der Waals surface area contributed by atoms with E-state index in [9.17, 15) is 4.79 Å². The Morgan fingerprint density at radius 2 is 2.16 bits per heavy atom. The zero-order valence-corrected chi connectivity index (χ0v) is 11.5. The Labute approximate surface area is 113 Å². The van der Waals surface area contributed by atoms with Gasteiger partial charge in [0.2, 0.25) is 5.91 Å². The van der Waals surface area contributed by atoms with Crippen LogP contribution < -0.4 is 15.4 Å². The standard InChI is InChI=1S/C14H21N3O2/c1-11-3-4-12(13(9-11)19-2)16-14(18)10-17-7-5-15-6-8-17/h3-4,9,15H,5-8,10H2,1-2H3,(H,16,18). The first-order valence-electron chi connectivity index (χ1n) is 6.56. The number of nitrogens with zero attached hydrogens (tertiary/aromatic N) is 1. The molecule has 1 heterocycles. The number of piperazine rings is 1. The van der Waals surface area contributed by atoms with E-state index in [0.29, 0.717) is 12.3 Å². The average Bonchev–Trinajstić information content (AvgIpc) is 2.42. The van der Waals surface area contributed by atoms with Crippen LogP contribution in [0.25, 0.3) is 0 Å². The van der Waals surface area contributed by atoms with Crippen molar-refractivity contribution in [1.82, 2.24) is 10.2 Å². The van der Waals surface area contributed by atoms with E-state index in [4.69, 9.17) is 4.74 Å². The molecular weight excluding hydrogens is 242 g/mol. The number of hydrogen-bond acceptors (Lipinski definition) is 4. The molecule has 2 rings (SSSR count). The summed E-state index contributed by atoms with van der Waals surface area (Å²) < 4.78 is 5.28. The van der Waals surface area contributed by atoms with Crippen LogP contribution in [-0.4, -0.2) is 50.6 Å². The molecule has 1 amide bonds. The summed E-state index contributed by atoms with van der Waals surface area (Å²) in [4.78, 5) is 14.2. The Morgan fingerprint density at radius 3 is 2.84 bits per heavy atom. The number of carbonyl (C=O) groups excluding carboxylic acids is 1. The summed E-state index contributed by atoms with van der Waals surface area (Å²) >= 11 is 0. The number of amides is 1. The SMILES string of the molecule is COc1cc(C)ccc1NC(=O)CN1CCNCC1. The Hall–Kier alpha value is -1.59. The summed E-state index contributed by atoms with van der Waals surface area (Å²) in [5, 5.41) is 6.18. The summed E-state index contributed by atoms with van der Waals surface area (Å²) in [6, 6.07) is 5.76. The highest BCUT2D eigenvalue weighted by Gasteiger charge is 2.14. The molecule has 5 heteroatoms. The third-order valence-electron chi connectivity index (χ3n) is 3.21. The number of anilines is 1. The summed E-state index contributed by atoms with van der Waals surface area (Å²) in [6.45, 7) is 6.15. The van der Waals surface area contributed by atoms with Gasteiger partial charge in [-0.2, -0.15) is 0 Å². The summed E-state index contributed by atoms with van der Waals surface area (Å²) in [6.07, 6.45) is 0. The van der Waals surface area contributed by atoms with Crippen LogP contribution >= 0.6 is 0 Å². The summed E-state index contributed by atoms with van der Waals surface area (Å²) in [5.74, 6) is 0.706. The minimum atomic E-state index is 0.00375. The van der Waals surface area contributed by atoms with Crippen molar-refractivity contribution in [2.75, 3.05) is 45.2 Å². The van der Waals surface area contributed by atoms with Crippen LogP contribution in [0.2, 0.25) is 0 Å². The van der Waals surface area contributed by atoms with E-state index in [-0.39, 0.29) is 5.91 Å². The van der Waals surface area contributed by atoms with Crippen LogP contribution in [0.4, 0.5) is 5.69 Å². The van der Waals surface area contributed by atoms with Gasteiger partial charge in [-0.15, -0.1) is 0 Å². The van der Waals surface area contributed by atoms with Crippen molar-refractivity contribution in [2.24, 2.45) is 0 Å². The lowest BCUT2D eigenvalue weighted by Crippen LogP contribution is -2.46. The van der Waals surface area contributed by atoms with E-state index in [1.54, 1.807) is 7.11 Å². The molecule has 5 nitrogen and oxygen atoms in total. The number of ether oxygens (including phenoxy) is 1. The van der Waals surface area contributed by atoms with Crippen LogP contribution in [0.5, 0.6) is 5.75 Å². The molecule has 104 valence electrons. The third-order valence-corrected chi connectivity index (χ3v) is 3.21. The predicted molar refractivity (Wildman–Crippen MR) is 75.7 cm³/mol. The van der Waals surface area contributed by atoms with E-state index in [1.165, 1.54) is 0 Å². The van der Waals surface area contributed by atoms with Gasteiger partial charge in [-0.1, -0.05) is 6.07 Å². The second-order valence-electron chi connectivity index (χ2n) is 4.78. The summed E-state index contributed by atoms with van der Waals surface area (Å²) in [5.41, 5.74) is 1.84. The van der Waals surface area contributed by atoms with Crippen LogP contribution in [-0.2, 0) is 4.79 Å². The van der Waals surface area contributed by atoms with Crippen molar-refractivity contribution in [2.45, 2.75) is 6.92 Å². The van der Waals surface area contributed by atoms with Gasteiger partial charge in [0.25, 0.3) is 0 Å². The lowest BCUT2D eigenvalue weighted by atomic mass is 10.2. The molecule has 1 fully saturated rings. The first-order valence-corrected chi connectivity index (χ1v) is 6.56. The van der Waals surface area contributed by atoms with Gasteiger partial charge in [0.15, 0.2) is 0 Å². The van der Waals surface area contributed by atoms with Crippen molar-refractivity contribution >= 4 is 11.6 Å². The topological polar surface area (TPSA) is 53.6 Å². The fourth-order valence-electron chi connectivity index (χ4n) is 2.16. The molecule has 1 aromatic rings. The van der Waals surface area contributed by atoms with Gasteiger partial charge >= 0.3 is 0 Å². The van der Waals surface area contributed by atoms with Gasteiger partial charge in [0.1, 0.15) is 5.75 Å². The number of rotatable bonds is 4. The minimum Gasteiger partial charge on any atom is -0.495 e. The fraction of sp³-hybridized carbons (Fsp3) is 0.500. The monoisotopic (exact) mass is 263 g/mol. The molecule has 0 spiro atoms. The van der Waals surface area contributed by atoms with Crippen molar-refractivity contribution < 1.29 is 9.53 Å². The molecule has 0 saturated carbocycles. The van der Waals surface area contributed by atoms with E-state index in [2.05, 4.69) is 15.5 Å². The maximum atomic E-state index is 12.0. The molecule has 1 aromatic carbocycles. The molecule has 1 aliphatic heterocycles. The van der Waals surface area contributed by atoms with Crippen LogP contribution in [0.15, 0.2) is 18.2 Å². The summed E-state index contributed by atoms with van der Waals surface area (Å²) in [7, 11) is 1.61. The first kappa shape index (κ1) is 13.8. The van der Waals surface area contributed by atoms with Crippen molar-refractivity contribution in [1.29, 1.82) is 0 Å². The van der Waals surface area contributed by atoms with Crippen molar-refractivity contribution in [3.63, 3.8) is 0 Å². The van der Waals surface area contributed by atoms with Gasteiger partial charge in [0, 0.05) is 26.2 Å². The Balaban J connectivity index is 1.94. The minimum absolute atomic E-state index is 0.00375. The second kappa shape index (κ2) is 6.54. The molecule has 1 saturated heterocycles. The van der Waals surface area contributed by atoms with E-state index < -0.39 is 0 Å². The fourth-order valence-corrected chi connectivity index (χ4v) is 2.16. The number of hydrogen-bond donors (Lipinski definition) is 2. The molecule has 0 unspecified atom stereocenters. The smallest absolute Gasteiger partial charge is 0.238 e. The number of aryl methyl sites for hydroxylation is 1. The molecule has 1 aliphatic rings. The second-order valence-corrected chi connectivity index (χ2v) is 4.78. The first-order chi connectivity index (χ1) is 9.19. The predicted octanol–water partition coefficient (Wildman–Crippen LogP) is 0.847. The zero-order valence-electron chi connectivity index (χ0n) is 11.5. The van der Waals surface area contributed by atoms with Crippen LogP contribution in [0.1, 0.15) is 5.56 Å². The Bertz CT molecular complexity index is 442. The van der Waals surface area contributed by atoms with Crippen LogP contribution in [0.3, 0.4) is 0 Å². The van der Waals surface area contributed by atoms with E-state index >= 15 is 0 Å². The van der Waals surface area contributed by atoms with E-state index in [0.717, 1.165) is 37.4 Å². The van der Waals surface area contributed by atoms with Crippen molar-refractivity contribution in [3.8, 4) is 5.75 Å². The Kier molecular flexibility index (Phi) is 4.76. The molecule has 2 N–H and O–H groups in total. The van der Waals surface area contributed by atoms with Gasteiger partial charge in [-0.05, 0) is 24.6 Å². The number of carbonyl (C=O) groups is 1. The molecule has 0 bridgehead atoms. The quantitative estimate of drug-likeness (QED) is 0.845. The largest absolute Gasteiger partial charge is 0.495 e. The maximum Gasteiger partial charge on any atom is 0.238 e. The van der Waals surface area contributed by atoms with Crippen molar-refractivity contribution in [3.05, 3.63) is 23.8 Å². The maximum absolute atomic E-state index is 12.0. The van der Waals surface area contributed by atoms with Gasteiger partial charge < -0.3 is 15.4 Å². The number of benzene rings is 1. The molecule has 0 radical (unpaired) electrons. The molecule has 0 atom stereocenters. The highest BCUT2D eigenvalue weighted by molar-refractivity contribution is 5.93. The zero-order chi connectivity index (χ0) is 13.7. The van der Waals surface area contributed by atoms with Crippen LogP contribution in [0, 0.1) is 6.92 Å².